The van der Waals surface area contributed by atoms with E-state index in [4.69, 9.17) is 0 Å². The fraction of sp³-hybridized carbons (Fsp3) is 0.308. The fourth-order valence-corrected chi connectivity index (χ4v) is 4.65. The van der Waals surface area contributed by atoms with Gasteiger partial charge in [0.05, 0.1) is 6.15 Å². The standard InChI is InChI=1S/C26H32B.K/c1-2-3-4-5-6-16-23-27(24-17-10-7-11-18-24,25-19-12-8-13-20-25)26-21-14-9-15-22-26;/h7-15,17-22H,2-6,16,23H2,1H3;/q-1;+1. The van der Waals surface area contributed by atoms with Crippen LogP contribution in [0.25, 0.3) is 0 Å². The first-order valence-electron chi connectivity index (χ1n) is 10.7. The second-order valence-corrected chi connectivity index (χ2v) is 7.83. The minimum absolute atomic E-state index is 0. The number of hydrogen-bond donors (Lipinski definition) is 0. The summed E-state index contributed by atoms with van der Waals surface area (Å²) in [7, 11) is 0. The molecule has 0 atom stereocenters. The molecule has 0 nitrogen and oxygen atoms in total. The van der Waals surface area contributed by atoms with Crippen molar-refractivity contribution in [2.45, 2.75) is 51.8 Å². The summed E-state index contributed by atoms with van der Waals surface area (Å²) < 4.78 is 0. The predicted octanol–water partition coefficient (Wildman–Crippen LogP) is 2.52. The summed E-state index contributed by atoms with van der Waals surface area (Å²) in [6.45, 7) is 2.29. The SMILES string of the molecule is CCCCCCCC[B-](c1ccccc1)(c1ccccc1)c1ccccc1.[K+]. The topological polar surface area (TPSA) is 0 Å². The molecule has 3 rings (SSSR count). The third-order valence-electron chi connectivity index (χ3n) is 6.10. The molecule has 0 amide bonds. The quantitative estimate of drug-likeness (QED) is 0.366. The Morgan fingerprint density at radius 3 is 1.25 bits per heavy atom. The summed E-state index contributed by atoms with van der Waals surface area (Å²) in [5, 5.41) is 0. The van der Waals surface area contributed by atoms with Gasteiger partial charge in [-0.1, -0.05) is 136 Å². The zero-order valence-corrected chi connectivity index (χ0v) is 20.8. The molecule has 0 bridgehead atoms. The van der Waals surface area contributed by atoms with E-state index in [0.717, 1.165) is 0 Å². The van der Waals surface area contributed by atoms with E-state index in [1.165, 1.54) is 61.2 Å². The van der Waals surface area contributed by atoms with Crippen LogP contribution in [0.3, 0.4) is 0 Å². The van der Waals surface area contributed by atoms with Crippen molar-refractivity contribution in [2.75, 3.05) is 0 Å². The van der Waals surface area contributed by atoms with Crippen molar-refractivity contribution in [2.24, 2.45) is 0 Å². The Kier molecular flexibility index (Phi) is 10.8. The van der Waals surface area contributed by atoms with E-state index < -0.39 is 6.15 Å². The van der Waals surface area contributed by atoms with Crippen LogP contribution in [-0.2, 0) is 0 Å². The Hall–Kier alpha value is -0.639. The van der Waals surface area contributed by atoms with Crippen LogP contribution in [0.1, 0.15) is 45.4 Å². The Bertz CT molecular complexity index is 675. The maximum absolute atomic E-state index is 2.33. The molecule has 140 valence electrons. The van der Waals surface area contributed by atoms with Crippen molar-refractivity contribution in [3.05, 3.63) is 91.0 Å². The van der Waals surface area contributed by atoms with Gasteiger partial charge in [0.15, 0.2) is 0 Å². The Morgan fingerprint density at radius 2 is 0.857 bits per heavy atom. The van der Waals surface area contributed by atoms with Gasteiger partial charge in [-0.15, -0.1) is 0 Å². The molecule has 0 saturated heterocycles. The molecule has 0 saturated carbocycles. The summed E-state index contributed by atoms with van der Waals surface area (Å²) in [6.07, 6.45) is 8.30. The molecule has 0 spiro atoms. The summed E-state index contributed by atoms with van der Waals surface area (Å²) in [5.41, 5.74) is 4.38. The Balaban J connectivity index is 0.00000280. The largest absolute Gasteiger partial charge is 1.00 e. The van der Waals surface area contributed by atoms with Crippen LogP contribution in [0.5, 0.6) is 0 Å². The van der Waals surface area contributed by atoms with Crippen LogP contribution in [-0.4, -0.2) is 6.15 Å². The van der Waals surface area contributed by atoms with Crippen molar-refractivity contribution in [1.29, 1.82) is 0 Å². The van der Waals surface area contributed by atoms with Crippen LogP contribution in [0.2, 0.25) is 6.32 Å². The molecule has 0 heterocycles. The summed E-state index contributed by atoms with van der Waals surface area (Å²) in [5.74, 6) is 0. The van der Waals surface area contributed by atoms with E-state index in [1.54, 1.807) is 0 Å². The van der Waals surface area contributed by atoms with Crippen molar-refractivity contribution >= 4 is 22.5 Å². The molecule has 0 unspecified atom stereocenters. The molecule has 0 fully saturated rings. The van der Waals surface area contributed by atoms with E-state index in [1.807, 2.05) is 0 Å². The summed E-state index contributed by atoms with van der Waals surface area (Å²) in [4.78, 5) is 0. The molecule has 3 aromatic rings. The maximum Gasteiger partial charge on any atom is 1.00 e. The van der Waals surface area contributed by atoms with Gasteiger partial charge in [0, 0.05) is 0 Å². The first-order valence-corrected chi connectivity index (χ1v) is 10.7. The molecule has 28 heavy (non-hydrogen) atoms. The molecule has 0 radical (unpaired) electrons. The third kappa shape index (κ3) is 5.93. The normalized spacial score (nSPS) is 11.0. The second-order valence-electron chi connectivity index (χ2n) is 7.83. The number of hydrogen-bond acceptors (Lipinski definition) is 0. The van der Waals surface area contributed by atoms with Gasteiger partial charge in [-0.05, 0) is 0 Å². The monoisotopic (exact) mass is 394 g/mol. The van der Waals surface area contributed by atoms with Crippen LogP contribution < -0.4 is 67.8 Å². The van der Waals surface area contributed by atoms with Crippen LogP contribution in [0.4, 0.5) is 0 Å². The van der Waals surface area contributed by atoms with E-state index in [2.05, 4.69) is 97.9 Å². The van der Waals surface area contributed by atoms with E-state index >= 15 is 0 Å². The first kappa shape index (κ1) is 23.6. The number of benzene rings is 3. The number of unbranched alkanes of at least 4 members (excludes halogenated alkanes) is 5. The minimum Gasteiger partial charge on any atom is -0.200 e. The Labute approximate surface area is 214 Å². The second kappa shape index (κ2) is 12.8. The van der Waals surface area contributed by atoms with Crippen LogP contribution in [0.15, 0.2) is 91.0 Å². The minimum atomic E-state index is -0.938. The molecular weight excluding hydrogens is 362 g/mol. The van der Waals surface area contributed by atoms with Crippen LogP contribution in [0, 0.1) is 0 Å². The molecule has 3 aromatic carbocycles. The fourth-order valence-electron chi connectivity index (χ4n) is 4.65. The van der Waals surface area contributed by atoms with Crippen molar-refractivity contribution in [1.82, 2.24) is 0 Å². The number of rotatable bonds is 10. The molecule has 0 aliphatic carbocycles. The summed E-state index contributed by atoms with van der Waals surface area (Å²) >= 11 is 0. The maximum atomic E-state index is 2.33. The van der Waals surface area contributed by atoms with Gasteiger partial charge >= 0.3 is 51.4 Å². The third-order valence-corrected chi connectivity index (χ3v) is 6.10. The van der Waals surface area contributed by atoms with Gasteiger partial charge in [-0.25, -0.2) is 0 Å². The predicted molar refractivity (Wildman–Crippen MR) is 122 cm³/mol. The van der Waals surface area contributed by atoms with Crippen molar-refractivity contribution in [3.8, 4) is 0 Å². The van der Waals surface area contributed by atoms with Crippen molar-refractivity contribution in [3.63, 3.8) is 0 Å². The zero-order valence-electron chi connectivity index (χ0n) is 17.7. The molecule has 2 heteroatoms. The van der Waals surface area contributed by atoms with E-state index in [0.29, 0.717) is 0 Å². The zero-order chi connectivity index (χ0) is 18.8. The van der Waals surface area contributed by atoms with Gasteiger partial charge in [-0.2, -0.15) is 22.7 Å². The molecule has 0 aliphatic rings. The average Bonchev–Trinajstić information content (AvgIpc) is 2.75. The van der Waals surface area contributed by atoms with E-state index in [-0.39, 0.29) is 51.4 Å². The Morgan fingerprint density at radius 1 is 0.500 bits per heavy atom. The van der Waals surface area contributed by atoms with Gasteiger partial charge in [0.25, 0.3) is 0 Å². The molecule has 0 aliphatic heterocycles. The van der Waals surface area contributed by atoms with Gasteiger partial charge < -0.3 is 0 Å². The molecular formula is C26H32BK. The molecule has 0 N–H and O–H groups in total. The smallest absolute Gasteiger partial charge is 0.200 e. The molecule has 0 aromatic heterocycles. The van der Waals surface area contributed by atoms with E-state index in [9.17, 15) is 0 Å². The van der Waals surface area contributed by atoms with Gasteiger partial charge in [-0.3, -0.25) is 0 Å². The summed E-state index contributed by atoms with van der Waals surface area (Å²) in [6, 6.07) is 33.5. The first-order chi connectivity index (χ1) is 13.4. The van der Waals surface area contributed by atoms with Gasteiger partial charge in [0.1, 0.15) is 0 Å². The van der Waals surface area contributed by atoms with Crippen LogP contribution >= 0.6 is 0 Å². The van der Waals surface area contributed by atoms with Gasteiger partial charge in [0.2, 0.25) is 0 Å². The van der Waals surface area contributed by atoms with Crippen molar-refractivity contribution < 1.29 is 51.4 Å². The average molecular weight is 394 g/mol.